The van der Waals surface area contributed by atoms with Crippen LogP contribution in [-0.2, 0) is 28.6 Å². The fraction of sp³-hybridized carbons (Fsp3) is 0.750. The zero-order chi connectivity index (χ0) is 24.1. The highest BCUT2D eigenvalue weighted by Gasteiger charge is 2.63. The molecule has 4 saturated carbocycles. The summed E-state index contributed by atoms with van der Waals surface area (Å²) < 4.78 is 89.1. The van der Waals surface area contributed by atoms with Gasteiger partial charge in [-0.25, -0.2) is 9.59 Å². The van der Waals surface area contributed by atoms with Gasteiger partial charge in [-0.2, -0.15) is 26.3 Å². The van der Waals surface area contributed by atoms with Crippen molar-refractivity contribution >= 4 is 17.9 Å². The molecule has 180 valence electrons. The minimum Gasteiger partial charge on any atom is -0.456 e. The van der Waals surface area contributed by atoms with Crippen molar-refractivity contribution in [2.24, 2.45) is 17.3 Å². The van der Waals surface area contributed by atoms with Crippen LogP contribution in [0.1, 0.15) is 45.4 Å². The monoisotopic (exact) mass is 472 g/mol. The summed E-state index contributed by atoms with van der Waals surface area (Å²) in [5, 5.41) is 0. The van der Waals surface area contributed by atoms with Gasteiger partial charge >= 0.3 is 30.3 Å². The van der Waals surface area contributed by atoms with Gasteiger partial charge in [-0.05, 0) is 50.9 Å². The minimum atomic E-state index is -5.86. The molecule has 0 amide bonds. The number of halogens is 6. The summed E-state index contributed by atoms with van der Waals surface area (Å²) in [5.41, 5.74) is -1.87. The molecule has 0 heterocycles. The highest BCUT2D eigenvalue weighted by Crippen LogP contribution is 2.63. The number of hydrogen-bond acceptors (Lipinski definition) is 6. The van der Waals surface area contributed by atoms with Crippen LogP contribution in [-0.4, -0.2) is 48.6 Å². The summed E-state index contributed by atoms with van der Waals surface area (Å²) >= 11 is 0. The molecular formula is C20H22F6O6. The lowest BCUT2D eigenvalue weighted by Crippen LogP contribution is -2.60. The summed E-state index contributed by atoms with van der Waals surface area (Å²) in [6, 6.07) is 0. The van der Waals surface area contributed by atoms with Crippen LogP contribution >= 0.6 is 0 Å². The number of alkyl halides is 6. The van der Waals surface area contributed by atoms with Gasteiger partial charge in [-0.15, -0.1) is 0 Å². The van der Waals surface area contributed by atoms with Crippen LogP contribution < -0.4 is 0 Å². The highest BCUT2D eigenvalue weighted by molar-refractivity contribution is 5.87. The summed E-state index contributed by atoms with van der Waals surface area (Å²) in [6.07, 6.45) is -13.3. The van der Waals surface area contributed by atoms with E-state index in [9.17, 15) is 40.7 Å². The molecule has 0 aliphatic heterocycles. The molecule has 0 aromatic rings. The molecule has 0 saturated heterocycles. The largest absolute Gasteiger partial charge is 0.456 e. The first-order chi connectivity index (χ1) is 14.6. The molecule has 2 unspecified atom stereocenters. The van der Waals surface area contributed by atoms with Crippen LogP contribution in [0.2, 0.25) is 0 Å². The topological polar surface area (TPSA) is 78.9 Å². The molecule has 0 spiro atoms. The second-order valence-electron chi connectivity index (χ2n) is 9.12. The standard InChI is InChI=1S/C20H22F6O6/c1-10(2)14(28)32-18-6-11-3-12(7-18)5-17(4-11,9-18)16(29)30-8-13(27)31-15(19(21,22)23)20(24,25)26/h11-12,15H,1,3-9H2,2H3. The van der Waals surface area contributed by atoms with Gasteiger partial charge in [-0.1, -0.05) is 6.58 Å². The van der Waals surface area contributed by atoms with Crippen molar-refractivity contribution in [3.05, 3.63) is 12.2 Å². The van der Waals surface area contributed by atoms with Gasteiger partial charge in [-0.3, -0.25) is 4.79 Å². The van der Waals surface area contributed by atoms with Crippen molar-refractivity contribution in [3.8, 4) is 0 Å². The SMILES string of the molecule is C=C(C)C(=O)OC12CC3CC(C1)CC(C(=O)OCC(=O)OC(C(F)(F)F)C(F)(F)F)(C3)C2. The van der Waals surface area contributed by atoms with E-state index >= 15 is 0 Å². The number of carbonyl (C=O) groups is 3. The van der Waals surface area contributed by atoms with E-state index in [0.29, 0.717) is 25.7 Å². The number of esters is 3. The molecule has 32 heavy (non-hydrogen) atoms. The van der Waals surface area contributed by atoms with Crippen LogP contribution in [0.3, 0.4) is 0 Å². The molecule has 4 fully saturated rings. The Morgan fingerprint density at radius 1 is 1.00 bits per heavy atom. The maximum absolute atomic E-state index is 12.8. The Balaban J connectivity index is 1.67. The maximum Gasteiger partial charge on any atom is 0.434 e. The Hall–Kier alpha value is -2.27. The molecule has 0 radical (unpaired) electrons. The van der Waals surface area contributed by atoms with Gasteiger partial charge in [0.05, 0.1) is 5.41 Å². The molecule has 0 aromatic carbocycles. The Kier molecular flexibility index (Phi) is 6.05. The molecule has 4 aliphatic rings. The lowest BCUT2D eigenvalue weighted by Gasteiger charge is -2.59. The van der Waals surface area contributed by atoms with E-state index in [-0.39, 0.29) is 23.8 Å². The van der Waals surface area contributed by atoms with Gasteiger partial charge in [0.25, 0.3) is 6.10 Å². The maximum atomic E-state index is 12.8. The lowest BCUT2D eigenvalue weighted by molar-refractivity contribution is -0.314. The lowest BCUT2D eigenvalue weighted by atomic mass is 9.48. The molecule has 4 bridgehead atoms. The average Bonchev–Trinajstić information content (AvgIpc) is 2.60. The first-order valence-corrected chi connectivity index (χ1v) is 9.94. The Morgan fingerprint density at radius 3 is 2.00 bits per heavy atom. The number of carbonyl (C=O) groups excluding carboxylic acids is 3. The molecule has 0 N–H and O–H groups in total. The molecular weight excluding hydrogens is 450 g/mol. The minimum absolute atomic E-state index is 0.0357. The zero-order valence-electron chi connectivity index (χ0n) is 17.1. The number of hydrogen-bond donors (Lipinski definition) is 0. The highest BCUT2D eigenvalue weighted by atomic mass is 19.4. The van der Waals surface area contributed by atoms with E-state index in [1.165, 1.54) is 6.92 Å². The molecule has 4 aliphatic carbocycles. The van der Waals surface area contributed by atoms with Crippen LogP contribution in [0.4, 0.5) is 26.3 Å². The third-order valence-corrected chi connectivity index (χ3v) is 6.26. The van der Waals surface area contributed by atoms with Crippen LogP contribution in [0.5, 0.6) is 0 Å². The van der Waals surface area contributed by atoms with Gasteiger partial charge < -0.3 is 14.2 Å². The molecule has 12 heteroatoms. The van der Waals surface area contributed by atoms with Gasteiger partial charge in [0.1, 0.15) is 5.60 Å². The van der Waals surface area contributed by atoms with Crippen molar-refractivity contribution in [2.45, 2.75) is 69.5 Å². The second-order valence-corrected chi connectivity index (χ2v) is 9.12. The normalized spacial score (nSPS) is 31.4. The van der Waals surface area contributed by atoms with Crippen molar-refractivity contribution in [2.75, 3.05) is 6.61 Å². The predicted molar refractivity (Wildman–Crippen MR) is 93.7 cm³/mol. The van der Waals surface area contributed by atoms with E-state index in [4.69, 9.17) is 9.47 Å². The van der Waals surface area contributed by atoms with E-state index in [0.717, 1.165) is 6.42 Å². The summed E-state index contributed by atoms with van der Waals surface area (Å²) in [6.45, 7) is 3.62. The third kappa shape index (κ3) is 4.88. The number of rotatable bonds is 6. The van der Waals surface area contributed by atoms with Crippen LogP contribution in [0, 0.1) is 17.3 Å². The summed E-state index contributed by atoms with van der Waals surface area (Å²) in [4.78, 5) is 36.5. The predicted octanol–water partition coefficient (Wildman–Crippen LogP) is 4.02. The van der Waals surface area contributed by atoms with E-state index in [1.54, 1.807) is 0 Å². The summed E-state index contributed by atoms with van der Waals surface area (Å²) in [5.74, 6) is -3.42. The van der Waals surface area contributed by atoms with E-state index < -0.39 is 54.0 Å². The Bertz CT molecular complexity index is 788. The van der Waals surface area contributed by atoms with Gasteiger partial charge in [0.2, 0.25) is 0 Å². The molecule has 4 rings (SSSR count). The smallest absolute Gasteiger partial charge is 0.434 e. The van der Waals surface area contributed by atoms with Gasteiger partial charge in [0, 0.05) is 12.0 Å². The first-order valence-electron chi connectivity index (χ1n) is 9.94. The summed E-state index contributed by atoms with van der Waals surface area (Å²) in [7, 11) is 0. The average molecular weight is 472 g/mol. The molecule has 2 atom stereocenters. The Labute approximate surface area is 179 Å². The van der Waals surface area contributed by atoms with E-state index in [2.05, 4.69) is 11.3 Å². The first kappa shape index (κ1) is 24.4. The Morgan fingerprint density at radius 2 is 1.53 bits per heavy atom. The zero-order valence-corrected chi connectivity index (χ0v) is 17.1. The van der Waals surface area contributed by atoms with E-state index in [1.807, 2.05) is 0 Å². The van der Waals surface area contributed by atoms with Crippen LogP contribution in [0.15, 0.2) is 12.2 Å². The van der Waals surface area contributed by atoms with Crippen molar-refractivity contribution in [3.63, 3.8) is 0 Å². The van der Waals surface area contributed by atoms with Crippen molar-refractivity contribution < 1.29 is 54.9 Å². The third-order valence-electron chi connectivity index (χ3n) is 6.26. The fourth-order valence-electron chi connectivity index (χ4n) is 5.58. The fourth-order valence-corrected chi connectivity index (χ4v) is 5.58. The molecule has 6 nitrogen and oxygen atoms in total. The van der Waals surface area contributed by atoms with Crippen molar-refractivity contribution in [1.82, 2.24) is 0 Å². The second kappa shape index (κ2) is 7.95. The quantitative estimate of drug-likeness (QED) is 0.252. The van der Waals surface area contributed by atoms with Crippen LogP contribution in [0.25, 0.3) is 0 Å². The molecule has 0 aromatic heterocycles. The number of ether oxygens (including phenoxy) is 3. The van der Waals surface area contributed by atoms with Crippen molar-refractivity contribution in [1.29, 1.82) is 0 Å². The van der Waals surface area contributed by atoms with Gasteiger partial charge in [0.15, 0.2) is 6.61 Å².